The van der Waals surface area contributed by atoms with Crippen molar-refractivity contribution in [2.45, 2.75) is 11.8 Å². The molecule has 3 aromatic rings. The lowest BCUT2D eigenvalue weighted by Gasteiger charge is -2.20. The van der Waals surface area contributed by atoms with Crippen molar-refractivity contribution < 1.29 is 17.6 Å². The van der Waals surface area contributed by atoms with Gasteiger partial charge >= 0.3 is 0 Å². The second-order valence-electron chi connectivity index (χ2n) is 5.98. The largest absolute Gasteiger partial charge is 0.321 e. The van der Waals surface area contributed by atoms with Gasteiger partial charge in [0.15, 0.2) is 0 Å². The number of aryl methyl sites for hydroxylation is 1. The van der Waals surface area contributed by atoms with Gasteiger partial charge in [0.25, 0.3) is 15.9 Å². The van der Waals surface area contributed by atoms with Gasteiger partial charge < -0.3 is 5.32 Å². The minimum Gasteiger partial charge on any atom is -0.321 e. The highest BCUT2D eigenvalue weighted by Crippen LogP contribution is 2.31. The molecule has 0 bridgehead atoms. The average Bonchev–Trinajstić information content (AvgIpc) is 3.14. The number of carbonyl (C=O) groups excluding carboxylic acids is 1. The van der Waals surface area contributed by atoms with Gasteiger partial charge in [-0.25, -0.2) is 12.8 Å². The van der Waals surface area contributed by atoms with E-state index in [-0.39, 0.29) is 21.3 Å². The molecule has 0 aliphatic rings. The third kappa shape index (κ3) is 4.04. The van der Waals surface area contributed by atoms with Crippen LogP contribution in [0, 0.1) is 12.7 Å². The fraction of sp³-hybridized carbons (Fsp3) is 0.105. The number of rotatable bonds is 5. The molecule has 146 valence electrons. The van der Waals surface area contributed by atoms with Crippen LogP contribution >= 0.6 is 22.9 Å². The molecule has 5 nitrogen and oxygen atoms in total. The van der Waals surface area contributed by atoms with Crippen LogP contribution in [0.25, 0.3) is 0 Å². The van der Waals surface area contributed by atoms with Gasteiger partial charge in [-0.05, 0) is 66.4 Å². The van der Waals surface area contributed by atoms with E-state index in [9.17, 15) is 17.6 Å². The molecule has 1 N–H and O–H groups in total. The summed E-state index contributed by atoms with van der Waals surface area (Å²) in [6.07, 6.45) is 0. The summed E-state index contributed by atoms with van der Waals surface area (Å²) in [5, 5.41) is 4.73. The maximum Gasteiger partial charge on any atom is 0.267 e. The number of amides is 1. The van der Waals surface area contributed by atoms with E-state index in [1.54, 1.807) is 18.4 Å². The van der Waals surface area contributed by atoms with Crippen molar-refractivity contribution in [1.82, 2.24) is 0 Å². The lowest BCUT2D eigenvalue weighted by Crippen LogP contribution is -2.28. The molecule has 0 atom stereocenters. The molecule has 0 fully saturated rings. The summed E-state index contributed by atoms with van der Waals surface area (Å²) in [6, 6.07) is 11.6. The number of carbonyl (C=O) groups is 1. The molecule has 9 heteroatoms. The number of anilines is 2. The molecule has 0 saturated heterocycles. The van der Waals surface area contributed by atoms with Crippen LogP contribution in [-0.2, 0) is 10.0 Å². The smallest absolute Gasteiger partial charge is 0.267 e. The van der Waals surface area contributed by atoms with Crippen LogP contribution < -0.4 is 9.62 Å². The Labute approximate surface area is 171 Å². The van der Waals surface area contributed by atoms with Gasteiger partial charge in [-0.3, -0.25) is 9.10 Å². The van der Waals surface area contributed by atoms with Crippen LogP contribution in [0.2, 0.25) is 5.02 Å². The van der Waals surface area contributed by atoms with Crippen LogP contribution in [0.4, 0.5) is 15.8 Å². The van der Waals surface area contributed by atoms with Crippen molar-refractivity contribution in [2.24, 2.45) is 0 Å². The minimum absolute atomic E-state index is 0.0612. The van der Waals surface area contributed by atoms with Crippen LogP contribution in [0.5, 0.6) is 0 Å². The Hall–Kier alpha value is -2.42. The van der Waals surface area contributed by atoms with E-state index < -0.39 is 15.9 Å². The van der Waals surface area contributed by atoms with Gasteiger partial charge in [-0.1, -0.05) is 11.6 Å². The number of halogens is 2. The predicted octanol–water partition coefficient (Wildman–Crippen LogP) is 4.93. The van der Waals surface area contributed by atoms with Gasteiger partial charge in [0.05, 0.1) is 10.6 Å². The van der Waals surface area contributed by atoms with Crippen molar-refractivity contribution in [3.8, 4) is 0 Å². The first-order chi connectivity index (χ1) is 13.2. The fourth-order valence-electron chi connectivity index (χ4n) is 2.52. The molecule has 0 aliphatic heterocycles. The van der Waals surface area contributed by atoms with Gasteiger partial charge in [0.2, 0.25) is 0 Å². The molecule has 0 spiro atoms. The first-order valence-corrected chi connectivity index (χ1v) is 10.8. The van der Waals surface area contributed by atoms with Crippen molar-refractivity contribution in [3.05, 3.63) is 75.2 Å². The number of sulfonamides is 1. The van der Waals surface area contributed by atoms with Crippen LogP contribution in [-0.4, -0.2) is 21.4 Å². The van der Waals surface area contributed by atoms with Crippen molar-refractivity contribution in [1.29, 1.82) is 0 Å². The zero-order chi connectivity index (χ0) is 20.5. The summed E-state index contributed by atoms with van der Waals surface area (Å²) in [5.74, 6) is -0.849. The van der Waals surface area contributed by atoms with Gasteiger partial charge in [0, 0.05) is 17.8 Å². The van der Waals surface area contributed by atoms with E-state index >= 15 is 0 Å². The fourth-order valence-corrected chi connectivity index (χ4v) is 4.73. The highest BCUT2D eigenvalue weighted by atomic mass is 35.5. The first kappa shape index (κ1) is 20.3. The summed E-state index contributed by atoms with van der Waals surface area (Å²) in [7, 11) is -2.49. The summed E-state index contributed by atoms with van der Waals surface area (Å²) in [5.41, 5.74) is 1.06. The van der Waals surface area contributed by atoms with Crippen molar-refractivity contribution >= 4 is 50.2 Å². The molecule has 0 aliphatic carbocycles. The Morgan fingerprint density at radius 1 is 1.14 bits per heavy atom. The lowest BCUT2D eigenvalue weighted by atomic mass is 10.2. The molecule has 1 aromatic heterocycles. The highest BCUT2D eigenvalue weighted by Gasteiger charge is 2.26. The van der Waals surface area contributed by atoms with E-state index in [2.05, 4.69) is 5.32 Å². The number of thiophene rings is 1. The second-order valence-corrected chi connectivity index (χ2v) is 9.30. The zero-order valence-electron chi connectivity index (χ0n) is 14.9. The molecule has 0 saturated carbocycles. The molecule has 1 heterocycles. The maximum atomic E-state index is 13.4. The lowest BCUT2D eigenvalue weighted by molar-refractivity contribution is 0.103. The SMILES string of the molecule is Cc1cc(NC(=O)c2sccc2N(C)S(=O)(=O)c2ccc(Cl)cc2)ccc1F. The minimum atomic E-state index is -3.87. The van der Waals surface area contributed by atoms with E-state index in [1.165, 1.54) is 49.5 Å². The summed E-state index contributed by atoms with van der Waals surface area (Å²) >= 11 is 6.94. The van der Waals surface area contributed by atoms with Crippen LogP contribution in [0.1, 0.15) is 15.2 Å². The quantitative estimate of drug-likeness (QED) is 0.614. The van der Waals surface area contributed by atoms with Crippen molar-refractivity contribution in [3.63, 3.8) is 0 Å². The topological polar surface area (TPSA) is 66.5 Å². The highest BCUT2D eigenvalue weighted by molar-refractivity contribution is 7.92. The molecule has 2 aromatic carbocycles. The van der Waals surface area contributed by atoms with Gasteiger partial charge in [-0.2, -0.15) is 0 Å². The summed E-state index contributed by atoms with van der Waals surface area (Å²) in [4.78, 5) is 13.0. The summed E-state index contributed by atoms with van der Waals surface area (Å²) in [6.45, 7) is 1.59. The normalized spacial score (nSPS) is 11.3. The van der Waals surface area contributed by atoms with E-state index in [1.807, 2.05) is 0 Å². The maximum absolute atomic E-state index is 13.4. The summed E-state index contributed by atoms with van der Waals surface area (Å²) < 4.78 is 40.2. The standard InChI is InChI=1S/C19H16ClFN2O3S2/c1-12-11-14(5-8-16(12)21)22-19(24)18-17(9-10-27-18)23(2)28(25,26)15-6-3-13(20)4-7-15/h3-11H,1-2H3,(H,22,24). The van der Waals surface area contributed by atoms with Crippen LogP contribution in [0.15, 0.2) is 58.8 Å². The van der Waals surface area contributed by atoms with Crippen LogP contribution in [0.3, 0.4) is 0 Å². The third-order valence-corrected chi connectivity index (χ3v) is 7.02. The zero-order valence-corrected chi connectivity index (χ0v) is 17.3. The first-order valence-electron chi connectivity index (χ1n) is 8.09. The van der Waals surface area contributed by atoms with Crippen molar-refractivity contribution in [2.75, 3.05) is 16.7 Å². The molecule has 0 radical (unpaired) electrons. The molecule has 0 unspecified atom stereocenters. The van der Waals surface area contributed by atoms with Gasteiger partial charge in [-0.15, -0.1) is 11.3 Å². The number of hydrogen-bond acceptors (Lipinski definition) is 4. The molecule has 1 amide bonds. The second kappa shape index (κ2) is 7.90. The Balaban J connectivity index is 1.88. The number of nitrogens with one attached hydrogen (secondary N) is 1. The van der Waals surface area contributed by atoms with Gasteiger partial charge in [0.1, 0.15) is 10.7 Å². The average molecular weight is 439 g/mol. The molecule has 28 heavy (non-hydrogen) atoms. The van der Waals surface area contributed by atoms with E-state index in [4.69, 9.17) is 11.6 Å². The number of benzene rings is 2. The Morgan fingerprint density at radius 2 is 1.82 bits per heavy atom. The Bertz CT molecular complexity index is 1130. The Morgan fingerprint density at radius 3 is 2.46 bits per heavy atom. The predicted molar refractivity (Wildman–Crippen MR) is 110 cm³/mol. The van der Waals surface area contributed by atoms with E-state index in [0.29, 0.717) is 16.3 Å². The number of hydrogen-bond donors (Lipinski definition) is 1. The van der Waals surface area contributed by atoms with E-state index in [0.717, 1.165) is 15.6 Å². The molecular weight excluding hydrogens is 423 g/mol. The third-order valence-electron chi connectivity index (χ3n) is 4.08. The molecular formula is C19H16ClFN2O3S2. The molecule has 3 rings (SSSR count). The Kier molecular flexibility index (Phi) is 5.74. The monoisotopic (exact) mass is 438 g/mol. The number of nitrogens with zero attached hydrogens (tertiary/aromatic N) is 1.